The molecule has 0 amide bonds. The van der Waals surface area contributed by atoms with E-state index in [1.54, 1.807) is 0 Å². The lowest BCUT2D eigenvalue weighted by molar-refractivity contribution is -0.165. The maximum Gasteiger partial charge on any atom is 0.472 e. The zero-order valence-electron chi connectivity index (χ0n) is 38.7. The van der Waals surface area contributed by atoms with Crippen molar-refractivity contribution in [2.45, 2.75) is 210 Å². The zero-order valence-corrected chi connectivity index (χ0v) is 40.5. The molecule has 21 heteroatoms. The first kappa shape index (κ1) is 60.2. The molecule has 13 atom stereocenters. The fourth-order valence-corrected chi connectivity index (χ4v) is 9.46. The summed E-state index contributed by atoms with van der Waals surface area (Å²) >= 11 is 0. The summed E-state index contributed by atoms with van der Waals surface area (Å²) in [5, 5.41) is 79.2. The molecule has 66 heavy (non-hydrogen) atoms. The molecular weight excluding hydrogens is 906 g/mol. The van der Waals surface area contributed by atoms with E-state index in [9.17, 15) is 69.1 Å². The number of hydrogen-bond acceptors (Lipinski definition) is 16. The molecule has 19 nitrogen and oxygen atoms in total. The van der Waals surface area contributed by atoms with E-state index in [1.165, 1.54) is 56.8 Å². The van der Waals surface area contributed by atoms with Crippen LogP contribution in [0.25, 0.3) is 0 Å². The SMILES string of the molecule is CCCCCCCC/C=C\CCCCCCCC(=O)OC[C@@H]1COP(=O)(O)O[C@H]2[C@H](O)[C@@H](O)[C@H](O)[C@H](C/C=C\CC(=O)O1)[C@@H](O)C[C@@H](O)[C@H](/C=C\[C@H](O)CCCCC)[C@@H](O)[C@H]2OP(=O)(O)O. The van der Waals surface area contributed by atoms with Gasteiger partial charge in [0, 0.05) is 24.7 Å². The Labute approximate surface area is 390 Å². The van der Waals surface area contributed by atoms with Crippen molar-refractivity contribution in [3.63, 3.8) is 0 Å². The Morgan fingerprint density at radius 3 is 2.08 bits per heavy atom. The summed E-state index contributed by atoms with van der Waals surface area (Å²) in [5.41, 5.74) is 0. The van der Waals surface area contributed by atoms with Gasteiger partial charge in [-0.3, -0.25) is 23.2 Å². The molecule has 1 aliphatic carbocycles. The fraction of sp³-hybridized carbons (Fsp3) is 0.822. The van der Waals surface area contributed by atoms with Gasteiger partial charge in [-0.2, -0.15) is 0 Å². The lowest BCUT2D eigenvalue weighted by Crippen LogP contribution is -2.56. The van der Waals surface area contributed by atoms with Crippen molar-refractivity contribution in [3.8, 4) is 0 Å². The number of phosphoric acid groups is 2. The van der Waals surface area contributed by atoms with E-state index in [4.69, 9.17) is 23.0 Å². The zero-order chi connectivity index (χ0) is 49.1. The highest BCUT2D eigenvalue weighted by molar-refractivity contribution is 7.47. The summed E-state index contributed by atoms with van der Waals surface area (Å²) in [6.07, 6.45) is 3.22. The number of cyclic esters (lactones) is 1. The second kappa shape index (κ2) is 32.8. The third-order valence-corrected chi connectivity index (χ3v) is 13.3. The maximum absolute atomic E-state index is 13.6. The van der Waals surface area contributed by atoms with Gasteiger partial charge < -0.3 is 59.9 Å². The van der Waals surface area contributed by atoms with Crippen molar-refractivity contribution >= 4 is 27.6 Å². The summed E-state index contributed by atoms with van der Waals surface area (Å²) in [6, 6.07) is 0. The van der Waals surface area contributed by atoms with Crippen LogP contribution in [0.15, 0.2) is 36.5 Å². The molecule has 0 spiro atoms. The summed E-state index contributed by atoms with van der Waals surface area (Å²) in [6.45, 7) is 2.53. The molecule has 10 N–H and O–H groups in total. The van der Waals surface area contributed by atoms with Crippen molar-refractivity contribution in [1.29, 1.82) is 0 Å². The number of unbranched alkanes of at least 4 members (excludes halogenated alkanes) is 13. The summed E-state index contributed by atoms with van der Waals surface area (Å²) in [4.78, 5) is 56.4. The molecule has 2 aliphatic rings. The quantitative estimate of drug-likeness (QED) is 0.0246. The fourth-order valence-electron chi connectivity index (χ4n) is 7.93. The van der Waals surface area contributed by atoms with Crippen LogP contribution in [0.5, 0.6) is 0 Å². The number of ether oxygens (including phenoxy) is 2. The number of fused-ring (bicyclic) bond motifs is 4. The molecule has 1 fully saturated rings. The minimum atomic E-state index is -5.76. The van der Waals surface area contributed by atoms with Crippen LogP contribution >= 0.6 is 15.6 Å². The molecule has 384 valence electrons. The highest BCUT2D eigenvalue weighted by atomic mass is 31.2. The number of carbonyl (C=O) groups is 2. The third kappa shape index (κ3) is 24.6. The normalized spacial score (nSPS) is 32.1. The largest absolute Gasteiger partial charge is 0.472 e. The monoisotopic (exact) mass is 986 g/mol. The molecule has 0 aromatic carbocycles. The standard InChI is InChI=1S/C45H80O19P2/c1-3-5-7-8-9-10-11-12-13-14-15-16-17-18-20-25-38(49)60-30-33-31-61-66(58,59)64-45-43(54)42(53)40(51)34(24-21-22-26-39(50)62-33)36(47)29-37(48)35(28-27-32(46)23-19-6-4-2)41(52)44(45)63-65(55,56)57/h12-13,21-22,27-28,32-37,40-48,51-54H,3-11,14-20,23-26,29-31H2,1-2H3,(H,58,59)(H2,55,56,57)/b13-12-,22-21-,28-27-/t32-,33-,34-,35+,36+,37-,40-,41-,42+,43-,44-,45+/m1/s1. The molecular formula is C45H80O19P2. The molecule has 1 saturated carbocycles. The lowest BCUT2D eigenvalue weighted by atomic mass is 9.83. The Kier molecular flexibility index (Phi) is 30.0. The highest BCUT2D eigenvalue weighted by Gasteiger charge is 2.51. The van der Waals surface area contributed by atoms with Gasteiger partial charge in [0.05, 0.1) is 43.5 Å². The van der Waals surface area contributed by atoms with Crippen molar-refractivity contribution in [2.24, 2.45) is 11.8 Å². The van der Waals surface area contributed by atoms with E-state index < -0.39 is 127 Å². The van der Waals surface area contributed by atoms with Gasteiger partial charge >= 0.3 is 27.6 Å². The first-order valence-corrected chi connectivity index (χ1v) is 26.8. The molecule has 0 aromatic heterocycles. The summed E-state index contributed by atoms with van der Waals surface area (Å²) in [5.74, 6) is -4.73. The van der Waals surface area contributed by atoms with Gasteiger partial charge in [0.15, 0.2) is 6.10 Å². The van der Waals surface area contributed by atoms with Crippen LogP contribution in [-0.4, -0.2) is 137 Å². The summed E-state index contributed by atoms with van der Waals surface area (Å²) in [7, 11) is -11.4. The minimum absolute atomic E-state index is 0.0385. The second-order valence-corrected chi connectivity index (χ2v) is 20.1. The van der Waals surface area contributed by atoms with E-state index in [2.05, 4.69) is 19.1 Å². The Bertz CT molecular complexity index is 1540. The Balaban J connectivity index is 2.27. The predicted molar refractivity (Wildman–Crippen MR) is 243 cm³/mol. The number of aliphatic hydroxyl groups excluding tert-OH is 7. The van der Waals surface area contributed by atoms with Crippen molar-refractivity contribution in [3.05, 3.63) is 36.5 Å². The molecule has 0 aromatic rings. The highest BCUT2D eigenvalue weighted by Crippen LogP contribution is 2.50. The third-order valence-electron chi connectivity index (χ3n) is 11.8. The van der Waals surface area contributed by atoms with Gasteiger partial charge in [-0.05, 0) is 44.9 Å². The topological polar surface area (TPSA) is 317 Å². The maximum atomic E-state index is 13.6. The van der Waals surface area contributed by atoms with Crippen LogP contribution in [0, 0.1) is 11.8 Å². The molecule has 0 saturated heterocycles. The number of hydrogen-bond donors (Lipinski definition) is 10. The van der Waals surface area contributed by atoms with Gasteiger partial charge in [0.2, 0.25) is 0 Å². The van der Waals surface area contributed by atoms with Gasteiger partial charge in [-0.25, -0.2) is 9.13 Å². The van der Waals surface area contributed by atoms with Gasteiger partial charge in [-0.15, -0.1) is 0 Å². The Morgan fingerprint density at radius 2 is 1.44 bits per heavy atom. The Morgan fingerprint density at radius 1 is 0.833 bits per heavy atom. The minimum Gasteiger partial charge on any atom is -0.462 e. The van der Waals surface area contributed by atoms with E-state index in [-0.39, 0.29) is 19.3 Å². The van der Waals surface area contributed by atoms with Crippen LogP contribution in [0.4, 0.5) is 0 Å². The Hall–Kier alpha value is -1.90. The van der Waals surface area contributed by atoms with Crippen molar-refractivity contribution in [1.82, 2.24) is 0 Å². The van der Waals surface area contributed by atoms with E-state index in [1.807, 2.05) is 6.92 Å². The lowest BCUT2D eigenvalue weighted by Gasteiger charge is -2.38. The van der Waals surface area contributed by atoms with E-state index >= 15 is 0 Å². The van der Waals surface area contributed by atoms with Crippen LogP contribution in [0.2, 0.25) is 0 Å². The van der Waals surface area contributed by atoms with Gasteiger partial charge in [0.1, 0.15) is 31.0 Å². The van der Waals surface area contributed by atoms with Gasteiger partial charge in [-0.1, -0.05) is 121 Å². The predicted octanol–water partition coefficient (Wildman–Crippen LogP) is 5.11. The molecule has 1 aliphatic heterocycles. The molecule has 1 heterocycles. The van der Waals surface area contributed by atoms with Crippen LogP contribution < -0.4 is 0 Å². The van der Waals surface area contributed by atoms with E-state index in [0.29, 0.717) is 12.8 Å². The number of esters is 2. The average Bonchev–Trinajstić information content (AvgIpc) is 3.25. The van der Waals surface area contributed by atoms with E-state index in [0.717, 1.165) is 57.4 Å². The van der Waals surface area contributed by atoms with Crippen molar-refractivity contribution < 1.29 is 92.2 Å². The van der Waals surface area contributed by atoms with Crippen LogP contribution in [-0.2, 0) is 41.8 Å². The summed E-state index contributed by atoms with van der Waals surface area (Å²) < 4.78 is 51.8. The first-order valence-electron chi connectivity index (χ1n) is 23.8. The average molecular weight is 987 g/mol. The smallest absolute Gasteiger partial charge is 0.462 e. The molecule has 2 bridgehead atoms. The number of phosphoric ester groups is 2. The first-order chi connectivity index (χ1) is 31.3. The van der Waals surface area contributed by atoms with Crippen molar-refractivity contribution in [2.75, 3.05) is 13.2 Å². The van der Waals surface area contributed by atoms with Crippen LogP contribution in [0.3, 0.4) is 0 Å². The molecule has 1 unspecified atom stereocenters. The van der Waals surface area contributed by atoms with Crippen LogP contribution in [0.1, 0.15) is 149 Å². The number of carbonyl (C=O) groups excluding carboxylic acids is 2. The van der Waals surface area contributed by atoms with Gasteiger partial charge in [0.25, 0.3) is 0 Å². The molecule has 0 radical (unpaired) electrons. The molecule has 2 rings (SSSR count). The second-order valence-electron chi connectivity index (χ2n) is 17.5. The number of aliphatic hydroxyl groups is 7. The number of allylic oxidation sites excluding steroid dienone is 3. The number of rotatable bonds is 25.